The highest BCUT2D eigenvalue weighted by atomic mass is 35.5. The number of aromatic nitrogens is 1. The lowest BCUT2D eigenvalue weighted by molar-refractivity contribution is -0.0936. The zero-order chi connectivity index (χ0) is 18.1. The number of piperazine rings is 1. The first kappa shape index (κ1) is 22.8. The van der Waals surface area contributed by atoms with Gasteiger partial charge in [0.2, 0.25) is 5.43 Å². The van der Waals surface area contributed by atoms with E-state index in [9.17, 15) is 24.3 Å². The van der Waals surface area contributed by atoms with E-state index in [1.807, 2.05) is 11.8 Å². The third kappa shape index (κ3) is 4.38. The third-order valence-electron chi connectivity index (χ3n) is 4.44. The Balaban J connectivity index is 0.00000182. The molecule has 1 aromatic carbocycles. The Labute approximate surface area is 161 Å². The molecule has 150 valence electrons. The fraction of sp³-hybridized carbons (Fsp3) is 0.412. The number of fused-ring (bicyclic) bond motifs is 1. The van der Waals surface area contributed by atoms with Crippen LogP contribution in [0.3, 0.4) is 0 Å². The molecule has 0 radical (unpaired) electrons. The summed E-state index contributed by atoms with van der Waals surface area (Å²) in [7, 11) is 0. The lowest BCUT2D eigenvalue weighted by Gasteiger charge is -2.33. The van der Waals surface area contributed by atoms with Crippen LogP contribution in [0.2, 0.25) is 0 Å². The molecule has 1 aliphatic heterocycles. The van der Waals surface area contributed by atoms with Crippen molar-refractivity contribution in [2.24, 2.45) is 0 Å². The van der Waals surface area contributed by atoms with Gasteiger partial charge in [-0.25, -0.2) is 9.18 Å². The predicted molar refractivity (Wildman–Crippen MR) is 102 cm³/mol. The number of hydrogen-bond donors (Lipinski definition) is 2. The fourth-order valence-corrected chi connectivity index (χ4v) is 3.16. The molecule has 0 amide bonds. The molecule has 1 aliphatic rings. The zero-order valence-electron chi connectivity index (χ0n) is 14.8. The van der Waals surface area contributed by atoms with Crippen LogP contribution >= 0.6 is 12.4 Å². The summed E-state index contributed by atoms with van der Waals surface area (Å²) in [6.07, 6.45) is 2.07. The van der Waals surface area contributed by atoms with Crippen molar-refractivity contribution in [2.45, 2.75) is 19.9 Å². The van der Waals surface area contributed by atoms with Gasteiger partial charge >= 0.3 is 5.97 Å². The highest BCUT2D eigenvalue weighted by Crippen LogP contribution is 2.26. The van der Waals surface area contributed by atoms with Crippen molar-refractivity contribution in [1.29, 1.82) is 0 Å². The van der Waals surface area contributed by atoms with E-state index in [-0.39, 0.29) is 28.8 Å². The first-order chi connectivity index (χ1) is 11.9. The van der Waals surface area contributed by atoms with E-state index in [2.05, 4.69) is 0 Å². The van der Waals surface area contributed by atoms with Crippen LogP contribution in [-0.2, 0) is 6.54 Å². The smallest absolute Gasteiger partial charge is 0.341 e. The maximum Gasteiger partial charge on any atom is 0.341 e. The van der Waals surface area contributed by atoms with Crippen LogP contribution in [0, 0.1) is 5.82 Å². The van der Waals surface area contributed by atoms with E-state index in [0.29, 0.717) is 43.9 Å². The number of rotatable bonds is 4. The van der Waals surface area contributed by atoms with Crippen LogP contribution < -0.4 is 10.3 Å². The number of nitrogens with zero attached hydrogens (tertiary/aromatic N) is 3. The molecular formula is C17H23ClFN3O5. The SMILES string of the molecule is CCCn1cc(C(=O)O)c(=O)c2cc(F)c(N3CCN(O)CC3)cc21.Cl.O. The first-order valence-corrected chi connectivity index (χ1v) is 8.21. The van der Waals surface area contributed by atoms with E-state index < -0.39 is 17.2 Å². The first-order valence-electron chi connectivity index (χ1n) is 8.21. The number of carboxylic acids is 1. The van der Waals surface area contributed by atoms with Crippen molar-refractivity contribution >= 4 is 35.0 Å². The Morgan fingerprint density at radius 1 is 1.22 bits per heavy atom. The molecule has 3 rings (SSSR count). The monoisotopic (exact) mass is 403 g/mol. The number of carbonyl (C=O) groups is 1. The zero-order valence-corrected chi connectivity index (χ0v) is 15.6. The standard InChI is InChI=1S/C17H20FN3O4.ClH.H2O/c1-2-3-20-10-12(17(23)24)16(22)11-8-13(18)15(9-14(11)20)19-4-6-21(25)7-5-19;;/h8-10,25H,2-7H2,1H3,(H,23,24);1H;1H2. The minimum Gasteiger partial charge on any atom is -0.477 e. The molecule has 4 N–H and O–H groups in total. The van der Waals surface area contributed by atoms with Gasteiger partial charge in [0, 0.05) is 44.3 Å². The van der Waals surface area contributed by atoms with Crippen molar-refractivity contribution in [1.82, 2.24) is 9.63 Å². The Morgan fingerprint density at radius 3 is 2.41 bits per heavy atom. The lowest BCUT2D eigenvalue weighted by atomic mass is 10.1. The van der Waals surface area contributed by atoms with Crippen molar-refractivity contribution in [3.8, 4) is 0 Å². The van der Waals surface area contributed by atoms with E-state index in [1.54, 1.807) is 10.6 Å². The van der Waals surface area contributed by atoms with Crippen molar-refractivity contribution < 1.29 is 25.0 Å². The summed E-state index contributed by atoms with van der Waals surface area (Å²) in [6.45, 7) is 4.19. The second kappa shape index (κ2) is 9.14. The average molecular weight is 404 g/mol. The summed E-state index contributed by atoms with van der Waals surface area (Å²) in [4.78, 5) is 25.5. The summed E-state index contributed by atoms with van der Waals surface area (Å²) in [5, 5.41) is 19.9. The highest BCUT2D eigenvalue weighted by Gasteiger charge is 2.21. The van der Waals surface area contributed by atoms with Gasteiger partial charge in [-0.2, -0.15) is 5.06 Å². The normalized spacial score (nSPS) is 14.6. The number of anilines is 1. The molecule has 0 saturated carbocycles. The quantitative estimate of drug-likeness (QED) is 0.795. The van der Waals surface area contributed by atoms with Gasteiger partial charge in [0.05, 0.1) is 11.2 Å². The van der Waals surface area contributed by atoms with Crippen LogP contribution in [0.1, 0.15) is 23.7 Å². The van der Waals surface area contributed by atoms with Gasteiger partial charge in [-0.1, -0.05) is 6.92 Å². The van der Waals surface area contributed by atoms with Gasteiger partial charge in [-0.15, -0.1) is 12.4 Å². The molecule has 1 fully saturated rings. The minimum absolute atomic E-state index is 0. The topological polar surface area (TPSA) is 118 Å². The summed E-state index contributed by atoms with van der Waals surface area (Å²) >= 11 is 0. The number of carboxylic acid groups (broad SMARTS) is 1. The molecule has 0 aliphatic carbocycles. The molecule has 1 aromatic heterocycles. The minimum atomic E-state index is -1.32. The predicted octanol–water partition coefficient (Wildman–Crippen LogP) is 1.36. The third-order valence-corrected chi connectivity index (χ3v) is 4.44. The van der Waals surface area contributed by atoms with Crippen molar-refractivity contribution in [2.75, 3.05) is 31.1 Å². The van der Waals surface area contributed by atoms with Gasteiger partial charge in [0.25, 0.3) is 0 Å². The Bertz CT molecular complexity index is 881. The second-order valence-corrected chi connectivity index (χ2v) is 6.13. The van der Waals surface area contributed by atoms with E-state index in [4.69, 9.17) is 0 Å². The van der Waals surface area contributed by atoms with Crippen LogP contribution in [0.15, 0.2) is 23.1 Å². The summed E-state index contributed by atoms with van der Waals surface area (Å²) < 4.78 is 16.3. The van der Waals surface area contributed by atoms with Crippen molar-refractivity contribution in [3.63, 3.8) is 0 Å². The van der Waals surface area contributed by atoms with Gasteiger partial charge < -0.3 is 25.3 Å². The number of pyridine rings is 1. The van der Waals surface area contributed by atoms with Gasteiger partial charge in [0.15, 0.2) is 0 Å². The van der Waals surface area contributed by atoms with Gasteiger partial charge in [0.1, 0.15) is 11.4 Å². The van der Waals surface area contributed by atoms with Crippen molar-refractivity contribution in [3.05, 3.63) is 39.9 Å². The average Bonchev–Trinajstić information content (AvgIpc) is 2.58. The summed E-state index contributed by atoms with van der Waals surface area (Å²) in [6, 6.07) is 2.72. The van der Waals surface area contributed by atoms with Crippen LogP contribution in [0.4, 0.5) is 10.1 Å². The Hall–Kier alpha value is -2.20. The molecule has 1 saturated heterocycles. The number of aromatic carboxylic acids is 1. The highest BCUT2D eigenvalue weighted by molar-refractivity contribution is 5.93. The second-order valence-electron chi connectivity index (χ2n) is 6.13. The van der Waals surface area contributed by atoms with Crippen LogP contribution in [-0.4, -0.2) is 57.6 Å². The van der Waals surface area contributed by atoms with E-state index in [0.717, 1.165) is 12.5 Å². The molecule has 0 bridgehead atoms. The van der Waals surface area contributed by atoms with Crippen LogP contribution in [0.5, 0.6) is 0 Å². The molecule has 0 atom stereocenters. The Morgan fingerprint density at radius 2 is 1.85 bits per heavy atom. The number of halogens is 2. The molecule has 2 heterocycles. The maximum absolute atomic E-state index is 14.6. The maximum atomic E-state index is 14.6. The number of aryl methyl sites for hydroxylation is 1. The van der Waals surface area contributed by atoms with Crippen LogP contribution in [0.25, 0.3) is 10.9 Å². The number of hydrogen-bond acceptors (Lipinski definition) is 5. The largest absolute Gasteiger partial charge is 0.477 e. The molecule has 27 heavy (non-hydrogen) atoms. The van der Waals surface area contributed by atoms with E-state index >= 15 is 0 Å². The molecule has 8 nitrogen and oxygen atoms in total. The molecule has 0 spiro atoms. The lowest BCUT2D eigenvalue weighted by Crippen LogP contribution is -2.45. The molecule has 10 heteroatoms. The summed E-state index contributed by atoms with van der Waals surface area (Å²) in [5.74, 6) is -1.89. The molecular weight excluding hydrogens is 381 g/mol. The number of hydroxylamine groups is 2. The van der Waals surface area contributed by atoms with E-state index in [1.165, 1.54) is 11.3 Å². The van der Waals surface area contributed by atoms with Gasteiger partial charge in [-0.05, 0) is 18.6 Å². The Kier molecular flexibility index (Phi) is 7.73. The molecule has 2 aromatic rings. The fourth-order valence-electron chi connectivity index (χ4n) is 3.16. The number of benzene rings is 1. The van der Waals surface area contributed by atoms with Gasteiger partial charge in [-0.3, -0.25) is 4.79 Å². The summed E-state index contributed by atoms with van der Waals surface area (Å²) in [5.41, 5.74) is -0.171. The molecule has 0 unspecified atom stereocenters.